The SMILES string of the molecule is C#Cc1ccc(CC(=O)C(OC)C2C[C@H]3CC(c4ccnc5ccc(F)cc45)C[C@H]3C2)cc1. The lowest BCUT2D eigenvalue weighted by atomic mass is 9.87. The highest BCUT2D eigenvalue weighted by Crippen LogP contribution is 2.54. The van der Waals surface area contributed by atoms with Gasteiger partial charge >= 0.3 is 0 Å². The lowest BCUT2D eigenvalue weighted by Crippen LogP contribution is -2.32. The predicted molar refractivity (Wildman–Crippen MR) is 127 cm³/mol. The van der Waals surface area contributed by atoms with E-state index in [0.29, 0.717) is 24.2 Å². The van der Waals surface area contributed by atoms with E-state index in [1.54, 1.807) is 19.2 Å². The minimum Gasteiger partial charge on any atom is -0.373 e. The number of benzene rings is 2. The van der Waals surface area contributed by atoms with Gasteiger partial charge in [0.25, 0.3) is 0 Å². The molecule has 2 aliphatic rings. The first-order valence-corrected chi connectivity index (χ1v) is 11.7. The van der Waals surface area contributed by atoms with E-state index in [1.165, 1.54) is 11.6 Å². The number of hydrogen-bond donors (Lipinski definition) is 0. The lowest BCUT2D eigenvalue weighted by Gasteiger charge is -2.23. The van der Waals surface area contributed by atoms with Crippen molar-refractivity contribution >= 4 is 16.7 Å². The molecule has 0 bridgehead atoms. The molecule has 5 atom stereocenters. The van der Waals surface area contributed by atoms with Crippen LogP contribution < -0.4 is 0 Å². The van der Waals surface area contributed by atoms with Crippen LogP contribution >= 0.6 is 0 Å². The molecule has 0 amide bonds. The van der Waals surface area contributed by atoms with Gasteiger partial charge in [0, 0.05) is 30.7 Å². The molecule has 2 saturated carbocycles. The summed E-state index contributed by atoms with van der Waals surface area (Å²) in [6.45, 7) is 0. The summed E-state index contributed by atoms with van der Waals surface area (Å²) in [5, 5.41) is 0.930. The zero-order valence-corrected chi connectivity index (χ0v) is 18.8. The molecule has 3 aromatic rings. The zero-order valence-electron chi connectivity index (χ0n) is 18.8. The van der Waals surface area contributed by atoms with Crippen LogP contribution in [-0.4, -0.2) is 24.0 Å². The second-order valence-corrected chi connectivity index (χ2v) is 9.62. The third-order valence-corrected chi connectivity index (χ3v) is 7.73. The summed E-state index contributed by atoms with van der Waals surface area (Å²) in [7, 11) is 1.65. The number of aromatic nitrogens is 1. The van der Waals surface area contributed by atoms with Crippen molar-refractivity contribution in [1.29, 1.82) is 0 Å². The number of carbonyl (C=O) groups is 1. The summed E-state index contributed by atoms with van der Waals surface area (Å²) in [5.74, 6) is 4.37. The third kappa shape index (κ3) is 4.30. The number of terminal acetylenes is 1. The highest BCUT2D eigenvalue weighted by Gasteiger charge is 2.45. The number of Topliss-reactive ketones (excluding diaryl/α,β-unsaturated/α-hetero) is 1. The molecule has 0 saturated heterocycles. The maximum atomic E-state index is 13.9. The van der Waals surface area contributed by atoms with Crippen molar-refractivity contribution in [2.24, 2.45) is 17.8 Å². The summed E-state index contributed by atoms with van der Waals surface area (Å²) in [6, 6.07) is 14.5. The van der Waals surface area contributed by atoms with E-state index in [1.807, 2.05) is 30.5 Å². The first-order valence-electron chi connectivity index (χ1n) is 11.7. The zero-order chi connectivity index (χ0) is 22.9. The Kier molecular flexibility index (Phi) is 6.00. The second kappa shape index (κ2) is 9.08. The number of fused-ring (bicyclic) bond motifs is 2. The largest absolute Gasteiger partial charge is 0.373 e. The maximum Gasteiger partial charge on any atom is 0.166 e. The van der Waals surface area contributed by atoms with Gasteiger partial charge < -0.3 is 4.74 Å². The van der Waals surface area contributed by atoms with Gasteiger partial charge in [-0.05, 0) is 96.9 Å². The van der Waals surface area contributed by atoms with Gasteiger partial charge in [0.15, 0.2) is 5.78 Å². The quantitative estimate of drug-likeness (QED) is 0.461. The number of nitrogens with zero attached hydrogens (tertiary/aromatic N) is 1. The van der Waals surface area contributed by atoms with Crippen LogP contribution in [0.3, 0.4) is 0 Å². The van der Waals surface area contributed by atoms with Gasteiger partial charge in [-0.15, -0.1) is 6.42 Å². The Morgan fingerprint density at radius 2 is 1.85 bits per heavy atom. The molecule has 0 N–H and O–H groups in total. The first-order chi connectivity index (χ1) is 16.1. The third-order valence-electron chi connectivity index (χ3n) is 7.73. The Morgan fingerprint density at radius 1 is 1.12 bits per heavy atom. The van der Waals surface area contributed by atoms with Crippen molar-refractivity contribution in [3.63, 3.8) is 0 Å². The van der Waals surface area contributed by atoms with E-state index in [0.717, 1.165) is 47.7 Å². The van der Waals surface area contributed by atoms with Crippen molar-refractivity contribution < 1.29 is 13.9 Å². The van der Waals surface area contributed by atoms with Gasteiger partial charge in [0.1, 0.15) is 11.9 Å². The van der Waals surface area contributed by atoms with Gasteiger partial charge in [0.05, 0.1) is 5.52 Å². The number of rotatable bonds is 6. The normalized spacial score (nSPS) is 25.0. The van der Waals surface area contributed by atoms with E-state index in [2.05, 4.69) is 17.0 Å². The van der Waals surface area contributed by atoms with Crippen molar-refractivity contribution in [3.05, 3.63) is 77.2 Å². The maximum absolute atomic E-state index is 13.9. The topological polar surface area (TPSA) is 39.2 Å². The number of hydrogen-bond acceptors (Lipinski definition) is 3. The van der Waals surface area contributed by atoms with Crippen molar-refractivity contribution in [1.82, 2.24) is 4.98 Å². The Morgan fingerprint density at radius 3 is 2.52 bits per heavy atom. The highest BCUT2D eigenvalue weighted by molar-refractivity contribution is 5.85. The molecule has 3 nitrogen and oxygen atoms in total. The molecule has 33 heavy (non-hydrogen) atoms. The fraction of sp³-hybridized carbons (Fsp3) is 0.379. The molecule has 2 aromatic carbocycles. The number of methoxy groups -OCH3 is 1. The second-order valence-electron chi connectivity index (χ2n) is 9.62. The molecule has 2 fully saturated rings. The van der Waals surface area contributed by atoms with Crippen LogP contribution in [0.5, 0.6) is 0 Å². The number of carbonyl (C=O) groups excluding carboxylic acids is 1. The molecule has 0 aliphatic heterocycles. The Balaban J connectivity index is 1.25. The average Bonchev–Trinajstić information content (AvgIpc) is 3.39. The van der Waals surface area contributed by atoms with Crippen LogP contribution in [0.25, 0.3) is 10.9 Å². The average molecular weight is 442 g/mol. The number of ketones is 1. The smallest absolute Gasteiger partial charge is 0.166 e. The fourth-order valence-corrected chi connectivity index (χ4v) is 6.27. The summed E-state index contributed by atoms with van der Waals surface area (Å²) < 4.78 is 19.6. The van der Waals surface area contributed by atoms with Crippen LogP contribution in [0.2, 0.25) is 0 Å². The minimum absolute atomic E-state index is 0.142. The van der Waals surface area contributed by atoms with E-state index >= 15 is 0 Å². The van der Waals surface area contributed by atoms with Crippen molar-refractivity contribution in [3.8, 4) is 12.3 Å². The van der Waals surface area contributed by atoms with E-state index < -0.39 is 0 Å². The summed E-state index contributed by atoms with van der Waals surface area (Å²) in [6.07, 6.45) is 11.4. The van der Waals surface area contributed by atoms with E-state index in [9.17, 15) is 9.18 Å². The molecular weight excluding hydrogens is 413 g/mol. The molecule has 4 heteroatoms. The van der Waals surface area contributed by atoms with Gasteiger partial charge in [-0.2, -0.15) is 0 Å². The predicted octanol–water partition coefficient (Wildman–Crippen LogP) is 5.70. The van der Waals surface area contributed by atoms with Crippen LogP contribution in [0.4, 0.5) is 4.39 Å². The Labute approximate surface area is 194 Å². The van der Waals surface area contributed by atoms with Crippen molar-refractivity contribution in [2.75, 3.05) is 7.11 Å². The van der Waals surface area contributed by atoms with E-state index in [4.69, 9.17) is 11.2 Å². The van der Waals surface area contributed by atoms with Gasteiger partial charge in [-0.3, -0.25) is 9.78 Å². The summed E-state index contributed by atoms with van der Waals surface area (Å²) in [4.78, 5) is 17.5. The fourth-order valence-electron chi connectivity index (χ4n) is 6.27. The summed E-state index contributed by atoms with van der Waals surface area (Å²) in [5.41, 5.74) is 3.85. The Hall–Kier alpha value is -3.03. The van der Waals surface area contributed by atoms with Crippen LogP contribution in [0.15, 0.2) is 54.7 Å². The summed E-state index contributed by atoms with van der Waals surface area (Å²) >= 11 is 0. The standard InChI is InChI=1S/C29H28FNO2/c1-3-18-4-6-19(7-5-18)12-28(32)29(33-2)23-15-20-13-22(14-21(20)16-23)25-10-11-31-27-9-8-24(30)17-26(25)27/h1,4-11,17,20-23,29H,12-16H2,2H3/t20-,21+,22?,23?,29?. The van der Waals surface area contributed by atoms with Crippen LogP contribution in [0.1, 0.15) is 48.3 Å². The van der Waals surface area contributed by atoms with Crippen LogP contribution in [-0.2, 0) is 16.0 Å². The van der Waals surface area contributed by atoms with Crippen LogP contribution in [0, 0.1) is 35.9 Å². The number of halogens is 1. The Bertz CT molecular complexity index is 1200. The highest BCUT2D eigenvalue weighted by atomic mass is 19.1. The van der Waals surface area contributed by atoms with Crippen molar-refractivity contribution in [2.45, 2.75) is 44.1 Å². The van der Waals surface area contributed by atoms with E-state index in [-0.39, 0.29) is 23.6 Å². The molecule has 2 aliphatic carbocycles. The molecule has 0 radical (unpaired) electrons. The number of pyridine rings is 1. The van der Waals surface area contributed by atoms with Gasteiger partial charge in [0.2, 0.25) is 0 Å². The van der Waals surface area contributed by atoms with Gasteiger partial charge in [-0.25, -0.2) is 4.39 Å². The molecular formula is C29H28FNO2. The minimum atomic E-state index is -0.364. The molecule has 168 valence electrons. The molecule has 5 rings (SSSR count). The molecule has 0 spiro atoms. The van der Waals surface area contributed by atoms with Gasteiger partial charge in [-0.1, -0.05) is 18.1 Å². The first kappa shape index (κ1) is 21.8. The number of ether oxygens (including phenoxy) is 1. The lowest BCUT2D eigenvalue weighted by molar-refractivity contribution is -0.131. The molecule has 3 unspecified atom stereocenters. The molecule has 1 heterocycles. The monoisotopic (exact) mass is 441 g/mol. The molecule has 1 aromatic heterocycles.